The van der Waals surface area contributed by atoms with Crippen LogP contribution < -0.4 is 5.56 Å². The van der Waals surface area contributed by atoms with E-state index in [1.54, 1.807) is 23.9 Å². The molecule has 0 atom stereocenters. The fourth-order valence-electron chi connectivity index (χ4n) is 3.83. The first kappa shape index (κ1) is 20.2. The fraction of sp³-hybridized carbons (Fsp3) is 0.429. The van der Waals surface area contributed by atoms with Crippen LogP contribution in [0.4, 0.5) is 4.39 Å². The van der Waals surface area contributed by atoms with E-state index < -0.39 is 0 Å². The largest absolute Gasteiger partial charge is 0.341 e. The Morgan fingerprint density at radius 1 is 1.13 bits per heavy atom. The molecule has 3 aromatic rings. The van der Waals surface area contributed by atoms with Gasteiger partial charge in [0.05, 0.1) is 12.5 Å². The van der Waals surface area contributed by atoms with E-state index in [0.29, 0.717) is 30.7 Å². The van der Waals surface area contributed by atoms with Crippen LogP contribution in [0.3, 0.4) is 0 Å². The molecule has 8 nitrogen and oxygen atoms in total. The molecule has 0 aliphatic carbocycles. The Balaban J connectivity index is 1.32. The van der Waals surface area contributed by atoms with Crippen molar-refractivity contribution in [1.29, 1.82) is 0 Å². The first-order valence-electron chi connectivity index (χ1n) is 10.1. The smallest absolute Gasteiger partial charge is 0.264 e. The van der Waals surface area contributed by atoms with E-state index in [9.17, 15) is 14.0 Å². The van der Waals surface area contributed by atoms with E-state index in [1.165, 1.54) is 29.2 Å². The van der Waals surface area contributed by atoms with Crippen molar-refractivity contribution < 1.29 is 9.18 Å². The Kier molecular flexibility index (Phi) is 5.89. The molecule has 0 radical (unpaired) electrons. The molecule has 1 fully saturated rings. The first-order chi connectivity index (χ1) is 14.5. The van der Waals surface area contributed by atoms with Gasteiger partial charge in [0, 0.05) is 52.7 Å². The summed E-state index contributed by atoms with van der Waals surface area (Å²) in [5, 5.41) is 4.52. The van der Waals surface area contributed by atoms with E-state index >= 15 is 0 Å². The topological polar surface area (TPSA) is 76.3 Å². The lowest BCUT2D eigenvalue weighted by atomic mass is 10.2. The fourth-order valence-corrected chi connectivity index (χ4v) is 3.83. The molecule has 9 heteroatoms. The number of benzene rings is 1. The Hall–Kier alpha value is -3.07. The molecule has 0 bridgehead atoms. The number of halogens is 1. The summed E-state index contributed by atoms with van der Waals surface area (Å²) in [5.41, 5.74) is 1.42. The average molecular weight is 412 g/mol. The van der Waals surface area contributed by atoms with Crippen molar-refractivity contribution in [2.75, 3.05) is 26.2 Å². The number of amides is 1. The highest BCUT2D eigenvalue weighted by molar-refractivity contribution is 5.76. The Morgan fingerprint density at radius 2 is 1.93 bits per heavy atom. The van der Waals surface area contributed by atoms with Gasteiger partial charge in [-0.05, 0) is 24.1 Å². The van der Waals surface area contributed by atoms with Crippen LogP contribution in [0.5, 0.6) is 0 Å². The summed E-state index contributed by atoms with van der Waals surface area (Å²) in [6, 6.07) is 6.55. The van der Waals surface area contributed by atoms with Crippen LogP contribution in [-0.4, -0.2) is 61.2 Å². The number of fused-ring (bicyclic) bond motifs is 1. The minimum absolute atomic E-state index is 0.0387. The number of carbonyl (C=O) groups is 1. The number of rotatable bonds is 5. The molecule has 0 spiro atoms. The zero-order valence-electron chi connectivity index (χ0n) is 17.0. The second kappa shape index (κ2) is 8.74. The first-order valence-corrected chi connectivity index (χ1v) is 10.1. The van der Waals surface area contributed by atoms with E-state index in [1.807, 2.05) is 4.90 Å². The number of aryl methyl sites for hydroxylation is 2. The SMILES string of the molecule is Cn1ncc2c(=O)n(CCC(=O)N3CCCN(Cc4ccc(F)cc4)CC3)cnc21. The third-order valence-electron chi connectivity index (χ3n) is 5.55. The van der Waals surface area contributed by atoms with Crippen molar-refractivity contribution in [2.24, 2.45) is 7.05 Å². The predicted octanol–water partition coefficient (Wildman–Crippen LogP) is 1.39. The maximum atomic E-state index is 13.1. The zero-order valence-corrected chi connectivity index (χ0v) is 17.0. The molecular weight excluding hydrogens is 387 g/mol. The van der Waals surface area contributed by atoms with Gasteiger partial charge in [0.2, 0.25) is 5.91 Å². The highest BCUT2D eigenvalue weighted by Gasteiger charge is 2.19. The molecule has 1 amide bonds. The van der Waals surface area contributed by atoms with Gasteiger partial charge in [-0.15, -0.1) is 0 Å². The molecule has 1 aromatic carbocycles. The summed E-state index contributed by atoms with van der Waals surface area (Å²) in [6.07, 6.45) is 4.13. The van der Waals surface area contributed by atoms with Crippen molar-refractivity contribution in [1.82, 2.24) is 29.1 Å². The lowest BCUT2D eigenvalue weighted by Gasteiger charge is -2.22. The van der Waals surface area contributed by atoms with Gasteiger partial charge >= 0.3 is 0 Å². The molecule has 0 saturated carbocycles. The third-order valence-corrected chi connectivity index (χ3v) is 5.55. The molecule has 158 valence electrons. The van der Waals surface area contributed by atoms with Crippen LogP contribution in [0.25, 0.3) is 11.0 Å². The molecule has 0 N–H and O–H groups in total. The number of carbonyl (C=O) groups excluding carboxylic acids is 1. The average Bonchev–Trinajstić information content (AvgIpc) is 2.97. The van der Waals surface area contributed by atoms with Gasteiger partial charge in [-0.25, -0.2) is 9.37 Å². The summed E-state index contributed by atoms with van der Waals surface area (Å²) < 4.78 is 16.1. The normalized spacial score (nSPS) is 15.5. The van der Waals surface area contributed by atoms with Crippen molar-refractivity contribution in [3.8, 4) is 0 Å². The molecule has 1 aliphatic rings. The van der Waals surface area contributed by atoms with E-state index in [4.69, 9.17) is 0 Å². The van der Waals surface area contributed by atoms with Crippen molar-refractivity contribution in [3.05, 3.63) is 58.5 Å². The van der Waals surface area contributed by atoms with Gasteiger partial charge in [0.15, 0.2) is 5.65 Å². The lowest BCUT2D eigenvalue weighted by Crippen LogP contribution is -2.36. The third kappa shape index (κ3) is 4.40. The van der Waals surface area contributed by atoms with Gasteiger partial charge in [-0.3, -0.25) is 23.7 Å². The van der Waals surface area contributed by atoms with Crippen LogP contribution in [0.1, 0.15) is 18.4 Å². The number of aromatic nitrogens is 4. The molecule has 1 saturated heterocycles. The summed E-state index contributed by atoms with van der Waals surface area (Å²) in [6.45, 7) is 4.05. The number of hydrogen-bond donors (Lipinski definition) is 0. The van der Waals surface area contributed by atoms with E-state index in [-0.39, 0.29) is 23.7 Å². The minimum atomic E-state index is -0.233. The van der Waals surface area contributed by atoms with Crippen molar-refractivity contribution in [3.63, 3.8) is 0 Å². The second-order valence-electron chi connectivity index (χ2n) is 7.64. The molecule has 1 aliphatic heterocycles. The van der Waals surface area contributed by atoms with Crippen LogP contribution in [0.15, 0.2) is 41.6 Å². The second-order valence-corrected chi connectivity index (χ2v) is 7.64. The number of nitrogens with zero attached hydrogens (tertiary/aromatic N) is 6. The highest BCUT2D eigenvalue weighted by Crippen LogP contribution is 2.11. The quantitative estimate of drug-likeness (QED) is 0.633. The van der Waals surface area contributed by atoms with Gasteiger partial charge in [-0.2, -0.15) is 5.10 Å². The maximum absolute atomic E-state index is 13.1. The molecular formula is C21H25FN6O2. The van der Waals surface area contributed by atoms with Crippen LogP contribution in [0.2, 0.25) is 0 Å². The Bertz CT molecular complexity index is 1090. The van der Waals surface area contributed by atoms with Gasteiger partial charge < -0.3 is 4.90 Å². The van der Waals surface area contributed by atoms with Gasteiger partial charge in [0.1, 0.15) is 11.2 Å². The molecule has 4 rings (SSSR count). The standard InChI is InChI=1S/C21H25FN6O2/c1-25-20-18(13-24-25)21(30)28(15-23-20)10-7-19(29)27-9-2-8-26(11-12-27)14-16-3-5-17(22)6-4-16/h3-6,13,15H,2,7-12,14H2,1H3. The molecule has 0 unspecified atom stereocenters. The van der Waals surface area contributed by atoms with Crippen LogP contribution >= 0.6 is 0 Å². The monoisotopic (exact) mass is 412 g/mol. The Morgan fingerprint density at radius 3 is 2.73 bits per heavy atom. The van der Waals surface area contributed by atoms with Gasteiger partial charge in [-0.1, -0.05) is 12.1 Å². The van der Waals surface area contributed by atoms with Crippen LogP contribution in [-0.2, 0) is 24.9 Å². The van der Waals surface area contributed by atoms with Crippen molar-refractivity contribution >= 4 is 16.9 Å². The Labute approximate surface area is 173 Å². The highest BCUT2D eigenvalue weighted by atomic mass is 19.1. The van der Waals surface area contributed by atoms with E-state index in [0.717, 1.165) is 31.6 Å². The van der Waals surface area contributed by atoms with Crippen molar-refractivity contribution in [2.45, 2.75) is 25.9 Å². The van der Waals surface area contributed by atoms with E-state index in [2.05, 4.69) is 15.0 Å². The zero-order chi connectivity index (χ0) is 21.1. The number of hydrogen-bond acceptors (Lipinski definition) is 5. The summed E-state index contributed by atoms with van der Waals surface area (Å²) in [5.74, 6) is -0.194. The summed E-state index contributed by atoms with van der Waals surface area (Å²) in [4.78, 5) is 33.7. The molecule has 2 aromatic heterocycles. The molecule has 30 heavy (non-hydrogen) atoms. The minimum Gasteiger partial charge on any atom is -0.341 e. The predicted molar refractivity (Wildman–Crippen MR) is 110 cm³/mol. The molecule has 3 heterocycles. The maximum Gasteiger partial charge on any atom is 0.264 e. The van der Waals surface area contributed by atoms with Crippen LogP contribution in [0, 0.1) is 5.82 Å². The summed E-state index contributed by atoms with van der Waals surface area (Å²) in [7, 11) is 1.74. The van der Waals surface area contributed by atoms with Gasteiger partial charge in [0.25, 0.3) is 5.56 Å². The summed E-state index contributed by atoms with van der Waals surface area (Å²) >= 11 is 0. The lowest BCUT2D eigenvalue weighted by molar-refractivity contribution is -0.131.